The quantitative estimate of drug-likeness (QED) is 0.519. The Kier molecular flexibility index (Phi) is 2.03. The van der Waals surface area contributed by atoms with Crippen molar-refractivity contribution in [3.63, 3.8) is 0 Å². The van der Waals surface area contributed by atoms with E-state index in [2.05, 4.69) is 15.5 Å². The molecule has 2 amide bonds. The highest BCUT2D eigenvalue weighted by atomic mass is 16.2. The first kappa shape index (κ1) is 9.30. The van der Waals surface area contributed by atoms with Gasteiger partial charge in [-0.1, -0.05) is 0 Å². The SMILES string of the molecule is O=C1CC(N2CC3CNCC3C2)C(=O)N1. The van der Waals surface area contributed by atoms with Gasteiger partial charge in [0.05, 0.1) is 12.5 Å². The molecule has 5 nitrogen and oxygen atoms in total. The summed E-state index contributed by atoms with van der Waals surface area (Å²) in [6.45, 7) is 4.04. The molecule has 0 saturated carbocycles. The first-order valence-electron chi connectivity index (χ1n) is 5.52. The molecule has 3 fully saturated rings. The largest absolute Gasteiger partial charge is 0.316 e. The van der Waals surface area contributed by atoms with Crippen LogP contribution in [0.15, 0.2) is 0 Å². The lowest BCUT2D eigenvalue weighted by Crippen LogP contribution is -2.40. The zero-order chi connectivity index (χ0) is 10.4. The monoisotopic (exact) mass is 209 g/mol. The Hall–Kier alpha value is -0.940. The minimum absolute atomic E-state index is 0.104. The second-order valence-corrected chi connectivity index (χ2v) is 4.76. The fourth-order valence-electron chi connectivity index (χ4n) is 2.98. The highest BCUT2D eigenvalue weighted by molar-refractivity contribution is 6.05. The second kappa shape index (κ2) is 3.28. The third kappa shape index (κ3) is 1.46. The van der Waals surface area contributed by atoms with Gasteiger partial charge in [-0.05, 0) is 24.9 Å². The maximum atomic E-state index is 11.5. The number of amides is 2. The molecule has 3 saturated heterocycles. The van der Waals surface area contributed by atoms with Gasteiger partial charge in [0.25, 0.3) is 0 Å². The van der Waals surface area contributed by atoms with Gasteiger partial charge in [-0.15, -0.1) is 0 Å². The number of fused-ring (bicyclic) bond motifs is 1. The molecule has 0 bridgehead atoms. The zero-order valence-electron chi connectivity index (χ0n) is 8.53. The molecule has 5 heteroatoms. The third-order valence-electron chi connectivity index (χ3n) is 3.80. The average Bonchev–Trinajstić information content (AvgIpc) is 2.77. The van der Waals surface area contributed by atoms with Crippen LogP contribution in [0.25, 0.3) is 0 Å². The molecular formula is C10H15N3O2. The topological polar surface area (TPSA) is 61.4 Å². The summed E-state index contributed by atoms with van der Waals surface area (Å²) in [5.74, 6) is 1.12. The summed E-state index contributed by atoms with van der Waals surface area (Å²) < 4.78 is 0. The molecule has 0 radical (unpaired) electrons. The van der Waals surface area contributed by atoms with Gasteiger partial charge in [0.1, 0.15) is 0 Å². The maximum Gasteiger partial charge on any atom is 0.244 e. The molecule has 82 valence electrons. The molecule has 15 heavy (non-hydrogen) atoms. The van der Waals surface area contributed by atoms with E-state index in [0.717, 1.165) is 26.2 Å². The van der Waals surface area contributed by atoms with Crippen molar-refractivity contribution in [2.75, 3.05) is 26.2 Å². The highest BCUT2D eigenvalue weighted by Crippen LogP contribution is 2.29. The number of carbonyl (C=O) groups is 2. The van der Waals surface area contributed by atoms with E-state index in [0.29, 0.717) is 18.3 Å². The normalized spacial score (nSPS) is 40.9. The van der Waals surface area contributed by atoms with Gasteiger partial charge in [-0.3, -0.25) is 19.8 Å². The predicted molar refractivity (Wildman–Crippen MR) is 53.0 cm³/mol. The Morgan fingerprint density at radius 1 is 1.13 bits per heavy atom. The van der Waals surface area contributed by atoms with Crippen molar-refractivity contribution in [3.05, 3.63) is 0 Å². The Morgan fingerprint density at radius 2 is 1.80 bits per heavy atom. The van der Waals surface area contributed by atoms with Crippen LogP contribution in [-0.2, 0) is 9.59 Å². The van der Waals surface area contributed by atoms with Crippen LogP contribution in [0.4, 0.5) is 0 Å². The summed E-state index contributed by atoms with van der Waals surface area (Å²) in [7, 11) is 0. The van der Waals surface area contributed by atoms with Crippen LogP contribution >= 0.6 is 0 Å². The predicted octanol–water partition coefficient (Wildman–Crippen LogP) is -1.45. The van der Waals surface area contributed by atoms with Gasteiger partial charge >= 0.3 is 0 Å². The van der Waals surface area contributed by atoms with E-state index < -0.39 is 0 Å². The summed E-state index contributed by atoms with van der Waals surface area (Å²) in [6.07, 6.45) is 0.353. The lowest BCUT2D eigenvalue weighted by atomic mass is 10.0. The number of hydrogen-bond acceptors (Lipinski definition) is 4. The number of carbonyl (C=O) groups excluding carboxylic acids is 2. The van der Waals surface area contributed by atoms with Gasteiger partial charge in [-0.25, -0.2) is 0 Å². The van der Waals surface area contributed by atoms with Crippen LogP contribution in [0.2, 0.25) is 0 Å². The summed E-state index contributed by atoms with van der Waals surface area (Å²) in [4.78, 5) is 24.8. The minimum Gasteiger partial charge on any atom is -0.316 e. The van der Waals surface area contributed by atoms with E-state index in [9.17, 15) is 9.59 Å². The van der Waals surface area contributed by atoms with Gasteiger partial charge in [-0.2, -0.15) is 0 Å². The number of hydrogen-bond donors (Lipinski definition) is 2. The van der Waals surface area contributed by atoms with E-state index >= 15 is 0 Å². The Labute approximate surface area is 88.2 Å². The minimum atomic E-state index is -0.192. The molecule has 2 N–H and O–H groups in total. The van der Waals surface area contributed by atoms with Gasteiger partial charge in [0, 0.05) is 13.1 Å². The molecule has 3 unspecified atom stereocenters. The number of likely N-dealkylation sites (tertiary alicyclic amines) is 1. The molecule has 0 spiro atoms. The molecule has 3 rings (SSSR count). The first-order chi connectivity index (χ1) is 7.24. The average molecular weight is 209 g/mol. The van der Waals surface area contributed by atoms with Gasteiger partial charge in [0.2, 0.25) is 11.8 Å². The van der Waals surface area contributed by atoms with Crippen molar-refractivity contribution in [2.45, 2.75) is 12.5 Å². The molecule has 0 aromatic rings. The van der Waals surface area contributed by atoms with Crippen LogP contribution in [0.1, 0.15) is 6.42 Å². The third-order valence-corrected chi connectivity index (χ3v) is 3.80. The van der Waals surface area contributed by atoms with Gasteiger partial charge in [0.15, 0.2) is 0 Å². The Morgan fingerprint density at radius 3 is 2.33 bits per heavy atom. The van der Waals surface area contributed by atoms with Crippen LogP contribution in [0.3, 0.4) is 0 Å². The van der Waals surface area contributed by atoms with Crippen molar-refractivity contribution >= 4 is 11.8 Å². The van der Waals surface area contributed by atoms with E-state index in [1.165, 1.54) is 0 Å². The smallest absolute Gasteiger partial charge is 0.244 e. The molecule has 0 aromatic heterocycles. The summed E-state index contributed by atoms with van der Waals surface area (Å²) >= 11 is 0. The van der Waals surface area contributed by atoms with E-state index in [1.54, 1.807) is 0 Å². The van der Waals surface area contributed by atoms with Crippen molar-refractivity contribution in [3.8, 4) is 0 Å². The highest BCUT2D eigenvalue weighted by Gasteiger charge is 2.43. The van der Waals surface area contributed by atoms with E-state index in [-0.39, 0.29) is 17.9 Å². The lowest BCUT2D eigenvalue weighted by molar-refractivity contribution is -0.126. The second-order valence-electron chi connectivity index (χ2n) is 4.76. The summed E-state index contributed by atoms with van der Waals surface area (Å²) in [5, 5.41) is 5.74. The number of imide groups is 1. The first-order valence-corrected chi connectivity index (χ1v) is 5.52. The summed E-state index contributed by atoms with van der Waals surface area (Å²) in [6, 6.07) is -0.192. The van der Waals surface area contributed by atoms with Crippen LogP contribution < -0.4 is 10.6 Å². The van der Waals surface area contributed by atoms with Gasteiger partial charge < -0.3 is 5.32 Å². The molecule has 3 atom stereocenters. The van der Waals surface area contributed by atoms with Crippen LogP contribution in [0, 0.1) is 11.8 Å². The molecule has 3 aliphatic heterocycles. The zero-order valence-corrected chi connectivity index (χ0v) is 8.53. The number of nitrogens with zero attached hydrogens (tertiary/aromatic N) is 1. The molecular weight excluding hydrogens is 194 g/mol. The fraction of sp³-hybridized carbons (Fsp3) is 0.800. The maximum absolute atomic E-state index is 11.5. The van der Waals surface area contributed by atoms with Crippen molar-refractivity contribution in [2.24, 2.45) is 11.8 Å². The van der Waals surface area contributed by atoms with E-state index in [4.69, 9.17) is 0 Å². The standard InChI is InChI=1S/C10H15N3O2/c14-9-1-8(10(15)12-9)13-4-6-2-11-3-7(6)5-13/h6-8,11H,1-5H2,(H,12,14,15). The molecule has 0 aromatic carbocycles. The fourth-order valence-corrected chi connectivity index (χ4v) is 2.98. The van der Waals surface area contributed by atoms with E-state index in [1.807, 2.05) is 0 Å². The Bertz CT molecular complexity index is 306. The van der Waals surface area contributed by atoms with Crippen molar-refractivity contribution < 1.29 is 9.59 Å². The number of rotatable bonds is 1. The van der Waals surface area contributed by atoms with Crippen molar-refractivity contribution in [1.82, 2.24) is 15.5 Å². The molecule has 3 heterocycles. The van der Waals surface area contributed by atoms with Crippen LogP contribution in [-0.4, -0.2) is 48.9 Å². The lowest BCUT2D eigenvalue weighted by Gasteiger charge is -2.21. The number of nitrogens with one attached hydrogen (secondary N) is 2. The Balaban J connectivity index is 1.69. The molecule has 0 aliphatic carbocycles. The molecule has 3 aliphatic rings. The van der Waals surface area contributed by atoms with Crippen LogP contribution in [0.5, 0.6) is 0 Å². The van der Waals surface area contributed by atoms with Crippen molar-refractivity contribution in [1.29, 1.82) is 0 Å². The summed E-state index contributed by atoms with van der Waals surface area (Å²) in [5.41, 5.74) is 0.